The molecule has 8 heteroatoms. The number of rotatable bonds is 13. The highest BCUT2D eigenvalue weighted by molar-refractivity contribution is 4.89. The van der Waals surface area contributed by atoms with Gasteiger partial charge in [0.15, 0.2) is 0 Å². The van der Waals surface area contributed by atoms with E-state index in [1.54, 1.807) is 24.8 Å². The fourth-order valence-corrected chi connectivity index (χ4v) is 2.23. The molecule has 0 saturated heterocycles. The number of nitrogens with zero attached hydrogens (tertiary/aromatic N) is 2. The van der Waals surface area contributed by atoms with Gasteiger partial charge in [0, 0.05) is 50.8 Å². The third-order valence-corrected chi connectivity index (χ3v) is 3.42. The summed E-state index contributed by atoms with van der Waals surface area (Å²) < 4.78 is 10.9. The summed E-state index contributed by atoms with van der Waals surface area (Å²) in [6.45, 7) is 1.74. The summed E-state index contributed by atoms with van der Waals surface area (Å²) in [5.74, 6) is 1.51. The van der Waals surface area contributed by atoms with Crippen molar-refractivity contribution < 1.29 is 19.7 Å². The van der Waals surface area contributed by atoms with Gasteiger partial charge in [0.2, 0.25) is 0 Å². The minimum absolute atomic E-state index is 0.295. The number of aliphatic hydroxyl groups excluding tert-OH is 2. The molecule has 0 aliphatic rings. The molecule has 2 unspecified atom stereocenters. The first kappa shape index (κ1) is 18.6. The minimum atomic E-state index is -0.552. The van der Waals surface area contributed by atoms with Gasteiger partial charge in [-0.2, -0.15) is 0 Å². The second-order valence-corrected chi connectivity index (χ2v) is 5.64. The average molecular weight is 338 g/mol. The van der Waals surface area contributed by atoms with E-state index in [2.05, 4.69) is 19.9 Å². The number of imidazole rings is 2. The lowest BCUT2D eigenvalue weighted by Crippen LogP contribution is -2.20. The smallest absolute Gasteiger partial charge is 0.108 e. The number of aromatic nitrogens is 4. The van der Waals surface area contributed by atoms with E-state index in [-0.39, 0.29) is 0 Å². The first-order valence-electron chi connectivity index (χ1n) is 8.22. The molecule has 134 valence electrons. The van der Waals surface area contributed by atoms with Crippen LogP contribution >= 0.6 is 0 Å². The van der Waals surface area contributed by atoms with E-state index in [4.69, 9.17) is 9.47 Å². The molecule has 2 heterocycles. The van der Waals surface area contributed by atoms with Crippen molar-refractivity contribution in [1.29, 1.82) is 0 Å². The van der Waals surface area contributed by atoms with Crippen molar-refractivity contribution in [2.45, 2.75) is 37.9 Å². The van der Waals surface area contributed by atoms with Crippen molar-refractivity contribution in [2.24, 2.45) is 0 Å². The summed E-state index contributed by atoms with van der Waals surface area (Å²) in [5, 5.41) is 19.6. The Balaban J connectivity index is 1.38. The lowest BCUT2D eigenvalue weighted by atomic mass is 10.2. The van der Waals surface area contributed by atoms with Crippen molar-refractivity contribution in [3.05, 3.63) is 36.4 Å². The zero-order valence-corrected chi connectivity index (χ0v) is 13.7. The zero-order chi connectivity index (χ0) is 17.0. The lowest BCUT2D eigenvalue weighted by Gasteiger charge is -2.11. The Labute approximate surface area is 141 Å². The summed E-state index contributed by atoms with van der Waals surface area (Å²) >= 11 is 0. The predicted molar refractivity (Wildman–Crippen MR) is 87.5 cm³/mol. The predicted octanol–water partition coefficient (Wildman–Crippen LogP) is 0.453. The number of aromatic amines is 2. The van der Waals surface area contributed by atoms with Crippen molar-refractivity contribution in [2.75, 3.05) is 26.4 Å². The Morgan fingerprint density at radius 2 is 1.29 bits per heavy atom. The van der Waals surface area contributed by atoms with E-state index in [9.17, 15) is 10.2 Å². The van der Waals surface area contributed by atoms with E-state index >= 15 is 0 Å². The maximum atomic E-state index is 9.78. The summed E-state index contributed by atoms with van der Waals surface area (Å²) in [4.78, 5) is 14.0. The number of nitrogens with one attached hydrogen (secondary N) is 2. The Hall–Kier alpha value is -1.74. The van der Waals surface area contributed by atoms with Gasteiger partial charge in [-0.05, 0) is 12.8 Å². The molecular weight excluding hydrogens is 312 g/mol. The monoisotopic (exact) mass is 338 g/mol. The molecule has 0 spiro atoms. The molecule has 4 N–H and O–H groups in total. The van der Waals surface area contributed by atoms with E-state index in [1.165, 1.54) is 0 Å². The fourth-order valence-electron chi connectivity index (χ4n) is 2.23. The topological polar surface area (TPSA) is 116 Å². The maximum Gasteiger partial charge on any atom is 0.108 e. The molecule has 2 aromatic rings. The number of unbranched alkanes of at least 4 members (excludes halogenated alkanes) is 1. The van der Waals surface area contributed by atoms with Gasteiger partial charge >= 0.3 is 0 Å². The van der Waals surface area contributed by atoms with Gasteiger partial charge in [0.25, 0.3) is 0 Å². The highest BCUT2D eigenvalue weighted by Crippen LogP contribution is 2.00. The number of H-pyrrole nitrogens is 2. The number of hydrogen-bond acceptors (Lipinski definition) is 6. The fraction of sp³-hybridized carbons (Fsp3) is 0.625. The van der Waals surface area contributed by atoms with Gasteiger partial charge in [0.05, 0.1) is 25.4 Å². The molecule has 0 fully saturated rings. The highest BCUT2D eigenvalue weighted by Gasteiger charge is 2.08. The third kappa shape index (κ3) is 7.69. The van der Waals surface area contributed by atoms with Gasteiger partial charge < -0.3 is 29.7 Å². The quantitative estimate of drug-likeness (QED) is 0.394. The second-order valence-electron chi connectivity index (χ2n) is 5.64. The van der Waals surface area contributed by atoms with Crippen LogP contribution in [0.15, 0.2) is 24.8 Å². The molecule has 0 aliphatic heterocycles. The van der Waals surface area contributed by atoms with Crippen LogP contribution < -0.4 is 0 Å². The Morgan fingerprint density at radius 3 is 1.67 bits per heavy atom. The average Bonchev–Trinajstić information content (AvgIpc) is 3.23. The van der Waals surface area contributed by atoms with E-state index in [0.29, 0.717) is 39.3 Å². The standard InChI is InChI=1S/C16H26N4O4/c21-13(9-15-17-3-4-18-15)11-23-7-1-2-8-24-12-14(22)10-16-19-5-6-20-16/h3-6,13-14,21-22H,1-2,7-12H2,(H,17,18)(H,19,20). The van der Waals surface area contributed by atoms with Crippen LogP contribution in [0.25, 0.3) is 0 Å². The first-order chi connectivity index (χ1) is 11.7. The number of ether oxygens (including phenoxy) is 2. The van der Waals surface area contributed by atoms with Gasteiger partial charge in [-0.1, -0.05) is 0 Å². The minimum Gasteiger partial charge on any atom is -0.390 e. The first-order valence-corrected chi connectivity index (χ1v) is 8.22. The molecule has 0 aliphatic carbocycles. The van der Waals surface area contributed by atoms with Gasteiger partial charge in [-0.3, -0.25) is 0 Å². The van der Waals surface area contributed by atoms with E-state index in [0.717, 1.165) is 24.5 Å². The largest absolute Gasteiger partial charge is 0.390 e. The van der Waals surface area contributed by atoms with Crippen molar-refractivity contribution in [3.8, 4) is 0 Å². The Bertz CT molecular complexity index is 470. The summed E-state index contributed by atoms with van der Waals surface area (Å²) in [6.07, 6.45) is 8.30. The molecule has 0 amide bonds. The second kappa shape index (κ2) is 10.9. The van der Waals surface area contributed by atoms with Crippen molar-refractivity contribution in [3.63, 3.8) is 0 Å². The van der Waals surface area contributed by atoms with Crippen LogP contribution in [-0.2, 0) is 22.3 Å². The van der Waals surface area contributed by atoms with Crippen LogP contribution in [0.4, 0.5) is 0 Å². The molecule has 2 rings (SSSR count). The van der Waals surface area contributed by atoms with E-state index in [1.807, 2.05) is 0 Å². The molecule has 2 atom stereocenters. The Morgan fingerprint density at radius 1 is 0.833 bits per heavy atom. The summed E-state index contributed by atoms with van der Waals surface area (Å²) in [5.41, 5.74) is 0. The normalized spacial score (nSPS) is 13.9. The van der Waals surface area contributed by atoms with Crippen molar-refractivity contribution >= 4 is 0 Å². The molecule has 8 nitrogen and oxygen atoms in total. The number of hydrogen-bond donors (Lipinski definition) is 4. The van der Waals surface area contributed by atoms with Gasteiger partial charge in [-0.15, -0.1) is 0 Å². The maximum absolute atomic E-state index is 9.78. The van der Waals surface area contributed by atoms with Gasteiger partial charge in [-0.25, -0.2) is 9.97 Å². The highest BCUT2D eigenvalue weighted by atomic mass is 16.5. The Kier molecular flexibility index (Phi) is 8.47. The SMILES string of the molecule is OC(COCCCCOCC(O)Cc1ncc[nH]1)Cc1ncc[nH]1. The molecule has 2 aromatic heterocycles. The third-order valence-electron chi connectivity index (χ3n) is 3.42. The summed E-state index contributed by atoms with van der Waals surface area (Å²) in [7, 11) is 0. The van der Waals surface area contributed by atoms with Crippen LogP contribution in [-0.4, -0.2) is 68.8 Å². The van der Waals surface area contributed by atoms with Gasteiger partial charge in [0.1, 0.15) is 11.6 Å². The molecule has 0 saturated carbocycles. The lowest BCUT2D eigenvalue weighted by molar-refractivity contribution is 0.0208. The molecule has 0 radical (unpaired) electrons. The van der Waals surface area contributed by atoms with Crippen LogP contribution in [0, 0.1) is 0 Å². The van der Waals surface area contributed by atoms with Crippen LogP contribution in [0.2, 0.25) is 0 Å². The zero-order valence-electron chi connectivity index (χ0n) is 13.7. The van der Waals surface area contributed by atoms with Crippen LogP contribution in [0.3, 0.4) is 0 Å². The van der Waals surface area contributed by atoms with Crippen molar-refractivity contribution in [1.82, 2.24) is 19.9 Å². The number of aliphatic hydroxyl groups is 2. The van der Waals surface area contributed by atoms with Crippen LogP contribution in [0.1, 0.15) is 24.5 Å². The molecule has 24 heavy (non-hydrogen) atoms. The molecule has 0 aromatic carbocycles. The molecular formula is C16H26N4O4. The summed E-state index contributed by atoms with van der Waals surface area (Å²) in [6, 6.07) is 0. The van der Waals surface area contributed by atoms with E-state index < -0.39 is 12.2 Å². The van der Waals surface area contributed by atoms with Crippen LogP contribution in [0.5, 0.6) is 0 Å². The molecule has 0 bridgehead atoms.